The lowest BCUT2D eigenvalue weighted by Crippen LogP contribution is -2.40. The van der Waals surface area contributed by atoms with E-state index >= 15 is 0 Å². The summed E-state index contributed by atoms with van der Waals surface area (Å²) in [6.45, 7) is 5.82. The van der Waals surface area contributed by atoms with Crippen LogP contribution in [0.15, 0.2) is 63.9 Å². The number of benzene rings is 2. The lowest BCUT2D eigenvalue weighted by atomic mass is 10.0. The fraction of sp³-hybridized carbons (Fsp3) is 0.280. The van der Waals surface area contributed by atoms with Gasteiger partial charge < -0.3 is 4.74 Å². The SMILES string of the molecule is Cc1ccc(-c2csc3ncn(Cc4cccc(S(=O)(=O)N5CCOCC5)c4)c(=O)c23)cc1C. The maximum atomic E-state index is 13.5. The van der Waals surface area contributed by atoms with Gasteiger partial charge in [-0.2, -0.15) is 4.31 Å². The Bertz CT molecular complexity index is 1530. The van der Waals surface area contributed by atoms with E-state index in [1.165, 1.54) is 33.1 Å². The van der Waals surface area contributed by atoms with Gasteiger partial charge in [0.25, 0.3) is 5.56 Å². The summed E-state index contributed by atoms with van der Waals surface area (Å²) in [5.41, 5.74) is 4.81. The molecule has 4 aromatic rings. The van der Waals surface area contributed by atoms with Gasteiger partial charge in [-0.3, -0.25) is 9.36 Å². The van der Waals surface area contributed by atoms with E-state index in [0.29, 0.717) is 36.5 Å². The van der Waals surface area contributed by atoms with Gasteiger partial charge in [0.1, 0.15) is 4.83 Å². The van der Waals surface area contributed by atoms with Crippen molar-refractivity contribution in [2.75, 3.05) is 26.3 Å². The normalized spacial score (nSPS) is 15.1. The molecule has 0 saturated carbocycles. The summed E-state index contributed by atoms with van der Waals surface area (Å²) in [6.07, 6.45) is 1.54. The van der Waals surface area contributed by atoms with Crippen LogP contribution in [0.1, 0.15) is 16.7 Å². The van der Waals surface area contributed by atoms with Gasteiger partial charge in [-0.1, -0.05) is 30.3 Å². The predicted molar refractivity (Wildman–Crippen MR) is 134 cm³/mol. The molecule has 9 heteroatoms. The molecule has 1 saturated heterocycles. The second-order valence-corrected chi connectivity index (χ2v) is 11.3. The zero-order valence-corrected chi connectivity index (χ0v) is 20.7. The number of aromatic nitrogens is 2. The molecule has 2 aromatic carbocycles. The maximum absolute atomic E-state index is 13.5. The third-order valence-corrected chi connectivity index (χ3v) is 9.02. The molecular weight excluding hydrogens is 470 g/mol. The van der Waals surface area contributed by atoms with Crippen LogP contribution in [0.2, 0.25) is 0 Å². The topological polar surface area (TPSA) is 81.5 Å². The standard InChI is InChI=1S/C25H25N3O4S2/c1-17-6-7-20(12-18(17)2)22-15-33-24-23(22)25(29)27(16-26-24)14-19-4-3-5-21(13-19)34(30,31)28-8-10-32-11-9-28/h3-7,12-13,15-16H,8-11,14H2,1-2H3. The van der Waals surface area contributed by atoms with Gasteiger partial charge >= 0.3 is 0 Å². The third kappa shape index (κ3) is 4.20. The Kier molecular flexibility index (Phi) is 6.11. The molecule has 0 radical (unpaired) electrons. The summed E-state index contributed by atoms with van der Waals surface area (Å²) >= 11 is 1.45. The van der Waals surface area contributed by atoms with E-state index in [0.717, 1.165) is 16.7 Å². The highest BCUT2D eigenvalue weighted by Gasteiger charge is 2.26. The van der Waals surface area contributed by atoms with Crippen LogP contribution in [0.3, 0.4) is 0 Å². The molecule has 0 amide bonds. The van der Waals surface area contributed by atoms with E-state index in [9.17, 15) is 13.2 Å². The van der Waals surface area contributed by atoms with Crippen LogP contribution in [-0.2, 0) is 21.3 Å². The minimum Gasteiger partial charge on any atom is -0.379 e. The number of morpholine rings is 1. The van der Waals surface area contributed by atoms with Gasteiger partial charge in [0, 0.05) is 24.0 Å². The number of hydrogen-bond acceptors (Lipinski definition) is 6. The number of sulfonamides is 1. The molecule has 0 bridgehead atoms. The van der Waals surface area contributed by atoms with Gasteiger partial charge in [-0.15, -0.1) is 11.3 Å². The van der Waals surface area contributed by atoms with E-state index in [4.69, 9.17) is 4.74 Å². The summed E-state index contributed by atoms with van der Waals surface area (Å²) in [5, 5.41) is 2.57. The first-order valence-corrected chi connectivity index (χ1v) is 13.4. The minimum absolute atomic E-state index is 0.138. The number of nitrogens with zero attached hydrogens (tertiary/aromatic N) is 3. The van der Waals surface area contributed by atoms with Crippen molar-refractivity contribution in [3.8, 4) is 11.1 Å². The van der Waals surface area contributed by atoms with Crippen LogP contribution in [-0.4, -0.2) is 48.6 Å². The second-order valence-electron chi connectivity index (χ2n) is 8.47. The molecule has 0 spiro atoms. The van der Waals surface area contributed by atoms with E-state index in [1.807, 2.05) is 17.5 Å². The third-order valence-electron chi connectivity index (χ3n) is 6.24. The molecule has 34 heavy (non-hydrogen) atoms. The Labute approximate surface area is 202 Å². The Morgan fingerprint density at radius 1 is 1.06 bits per heavy atom. The molecule has 2 aromatic heterocycles. The summed E-state index contributed by atoms with van der Waals surface area (Å²) in [4.78, 5) is 18.9. The molecule has 1 fully saturated rings. The number of rotatable bonds is 5. The highest BCUT2D eigenvalue weighted by molar-refractivity contribution is 7.89. The Balaban J connectivity index is 1.50. The average Bonchev–Trinajstić information content (AvgIpc) is 3.28. The molecular formula is C25H25N3O4S2. The van der Waals surface area contributed by atoms with Crippen molar-refractivity contribution in [2.45, 2.75) is 25.3 Å². The first kappa shape index (κ1) is 22.9. The van der Waals surface area contributed by atoms with Crippen molar-refractivity contribution in [1.82, 2.24) is 13.9 Å². The number of ether oxygens (including phenoxy) is 1. The smallest absolute Gasteiger partial charge is 0.263 e. The molecule has 176 valence electrons. The van der Waals surface area contributed by atoms with Gasteiger partial charge in [0.15, 0.2) is 0 Å². The van der Waals surface area contributed by atoms with Crippen LogP contribution < -0.4 is 5.56 Å². The van der Waals surface area contributed by atoms with Gasteiger partial charge in [0.05, 0.1) is 36.4 Å². The molecule has 0 unspecified atom stereocenters. The van der Waals surface area contributed by atoms with Crippen molar-refractivity contribution in [2.24, 2.45) is 0 Å². The zero-order valence-electron chi connectivity index (χ0n) is 19.0. The van der Waals surface area contributed by atoms with E-state index in [-0.39, 0.29) is 17.0 Å². The molecule has 5 rings (SSSR count). The van der Waals surface area contributed by atoms with Crippen molar-refractivity contribution < 1.29 is 13.2 Å². The number of aryl methyl sites for hydroxylation is 2. The van der Waals surface area contributed by atoms with Crippen molar-refractivity contribution in [1.29, 1.82) is 0 Å². The van der Waals surface area contributed by atoms with Crippen molar-refractivity contribution >= 4 is 31.6 Å². The predicted octanol–water partition coefficient (Wildman–Crippen LogP) is 3.81. The fourth-order valence-corrected chi connectivity index (χ4v) is 6.52. The Hall–Kier alpha value is -2.85. The lowest BCUT2D eigenvalue weighted by molar-refractivity contribution is 0.0730. The number of hydrogen-bond donors (Lipinski definition) is 0. The molecule has 0 aliphatic carbocycles. The second kappa shape index (κ2) is 9.07. The minimum atomic E-state index is -3.61. The van der Waals surface area contributed by atoms with E-state index in [2.05, 4.69) is 31.0 Å². The maximum Gasteiger partial charge on any atom is 0.263 e. The lowest BCUT2D eigenvalue weighted by Gasteiger charge is -2.26. The Morgan fingerprint density at radius 3 is 2.62 bits per heavy atom. The largest absolute Gasteiger partial charge is 0.379 e. The molecule has 1 aliphatic heterocycles. The van der Waals surface area contributed by atoms with Crippen LogP contribution in [0.4, 0.5) is 0 Å². The summed E-state index contributed by atoms with van der Waals surface area (Å²) in [7, 11) is -3.61. The Morgan fingerprint density at radius 2 is 1.85 bits per heavy atom. The quantitative estimate of drug-likeness (QED) is 0.421. The van der Waals surface area contributed by atoms with Crippen LogP contribution in [0, 0.1) is 13.8 Å². The summed E-state index contributed by atoms with van der Waals surface area (Å²) in [5.74, 6) is 0. The monoisotopic (exact) mass is 495 g/mol. The summed E-state index contributed by atoms with van der Waals surface area (Å²) in [6, 6.07) is 12.9. The number of thiophene rings is 1. The van der Waals surface area contributed by atoms with Crippen LogP contribution >= 0.6 is 11.3 Å². The van der Waals surface area contributed by atoms with Gasteiger partial charge in [-0.05, 0) is 48.2 Å². The first-order valence-electron chi connectivity index (χ1n) is 11.1. The van der Waals surface area contributed by atoms with E-state index < -0.39 is 10.0 Å². The average molecular weight is 496 g/mol. The van der Waals surface area contributed by atoms with Crippen LogP contribution in [0.5, 0.6) is 0 Å². The molecule has 0 N–H and O–H groups in total. The molecule has 7 nitrogen and oxygen atoms in total. The first-order chi connectivity index (χ1) is 16.3. The van der Waals surface area contributed by atoms with Crippen molar-refractivity contribution in [3.63, 3.8) is 0 Å². The van der Waals surface area contributed by atoms with Crippen LogP contribution in [0.25, 0.3) is 21.3 Å². The van der Waals surface area contributed by atoms with Gasteiger partial charge in [-0.25, -0.2) is 13.4 Å². The number of fused-ring (bicyclic) bond motifs is 1. The van der Waals surface area contributed by atoms with Crippen molar-refractivity contribution in [3.05, 3.63) is 81.2 Å². The van der Waals surface area contributed by atoms with E-state index in [1.54, 1.807) is 22.8 Å². The fourth-order valence-electron chi connectivity index (χ4n) is 4.14. The molecule has 1 aliphatic rings. The highest BCUT2D eigenvalue weighted by Crippen LogP contribution is 2.31. The molecule has 3 heterocycles. The summed E-state index contributed by atoms with van der Waals surface area (Å²) < 4.78 is 34.3. The highest BCUT2D eigenvalue weighted by atomic mass is 32.2. The molecule has 0 atom stereocenters. The zero-order chi connectivity index (χ0) is 23.9. The van der Waals surface area contributed by atoms with Gasteiger partial charge in [0.2, 0.25) is 10.0 Å².